The van der Waals surface area contributed by atoms with Gasteiger partial charge >= 0.3 is 0 Å². The number of hydrogen-bond donors (Lipinski definition) is 2. The van der Waals surface area contributed by atoms with Crippen LogP contribution in [0.4, 0.5) is 11.4 Å². The van der Waals surface area contributed by atoms with Gasteiger partial charge in [0.15, 0.2) is 0 Å². The molecule has 1 saturated carbocycles. The Kier molecular flexibility index (Phi) is 5.49. The topological polar surface area (TPSA) is 93.7 Å². The zero-order valence-corrected chi connectivity index (χ0v) is 12.2. The van der Waals surface area contributed by atoms with Gasteiger partial charge in [-0.2, -0.15) is 0 Å². The van der Waals surface area contributed by atoms with Crippen LogP contribution in [0.5, 0.6) is 0 Å². The summed E-state index contributed by atoms with van der Waals surface area (Å²) in [4.78, 5) is 12.6. The Morgan fingerprint density at radius 1 is 1.52 bits per heavy atom. The van der Waals surface area contributed by atoms with Crippen LogP contribution in [-0.2, 0) is 11.3 Å². The van der Waals surface area contributed by atoms with Crippen LogP contribution in [0.2, 0.25) is 0 Å². The second-order valence-corrected chi connectivity index (χ2v) is 5.47. The Morgan fingerprint density at radius 3 is 2.90 bits per heavy atom. The number of anilines is 1. The minimum atomic E-state index is -0.433. The van der Waals surface area contributed by atoms with Gasteiger partial charge in [0.25, 0.3) is 5.69 Å². The maximum absolute atomic E-state index is 11.0. The molecule has 1 fully saturated rings. The maximum Gasteiger partial charge on any atom is 0.293 e. The van der Waals surface area contributed by atoms with Crippen molar-refractivity contribution in [3.63, 3.8) is 0 Å². The molecule has 3 N–H and O–H groups in total. The Balaban J connectivity index is 1.88. The summed E-state index contributed by atoms with van der Waals surface area (Å²) in [5, 5.41) is 11.0. The van der Waals surface area contributed by atoms with E-state index in [2.05, 4.69) is 10.3 Å². The van der Waals surface area contributed by atoms with Gasteiger partial charge in [-0.1, -0.05) is 12.1 Å². The molecule has 7 heteroatoms. The van der Waals surface area contributed by atoms with E-state index in [-0.39, 0.29) is 5.69 Å². The van der Waals surface area contributed by atoms with Crippen molar-refractivity contribution < 1.29 is 9.66 Å². The number of nitrogens with zero attached hydrogens (tertiary/aromatic N) is 2. The number of hydrogen-bond acceptors (Lipinski definition) is 6. The molecule has 1 aliphatic rings. The Morgan fingerprint density at radius 2 is 2.29 bits per heavy atom. The van der Waals surface area contributed by atoms with Crippen LogP contribution in [0.1, 0.15) is 18.4 Å². The van der Waals surface area contributed by atoms with Gasteiger partial charge in [-0.05, 0) is 31.4 Å². The number of nitrogens with one attached hydrogen (secondary N) is 1. The normalized spacial score (nSPS) is 14.4. The molecule has 0 aliphatic heterocycles. The number of rotatable bonds is 9. The number of ether oxygens (including phenoxy) is 1. The molecular formula is C14H22N4O3. The van der Waals surface area contributed by atoms with E-state index in [1.54, 1.807) is 6.07 Å². The predicted molar refractivity (Wildman–Crippen MR) is 80.8 cm³/mol. The fraction of sp³-hybridized carbons (Fsp3) is 0.571. The first-order valence-corrected chi connectivity index (χ1v) is 7.11. The van der Waals surface area contributed by atoms with Gasteiger partial charge in [-0.3, -0.25) is 20.9 Å². The van der Waals surface area contributed by atoms with Crippen LogP contribution < -0.4 is 11.3 Å². The molecule has 0 aromatic heterocycles. The quantitative estimate of drug-likeness (QED) is 0.312. The van der Waals surface area contributed by atoms with Crippen LogP contribution in [0.15, 0.2) is 18.2 Å². The van der Waals surface area contributed by atoms with E-state index in [4.69, 9.17) is 10.6 Å². The monoisotopic (exact) mass is 294 g/mol. The molecule has 0 unspecified atom stereocenters. The number of nitrogens with two attached hydrogens (primary N) is 1. The molecule has 0 saturated heterocycles. The molecule has 0 radical (unpaired) electrons. The Hall–Kier alpha value is -1.70. The van der Waals surface area contributed by atoms with Crippen molar-refractivity contribution in [2.24, 2.45) is 11.8 Å². The first-order valence-electron chi connectivity index (χ1n) is 7.11. The number of nitro benzene ring substituents is 1. The number of para-hydroxylation sites is 1. The Labute approximate surface area is 124 Å². The number of nitro groups is 1. The number of likely N-dealkylation sites (N-methyl/N-ethyl adjacent to an activating group) is 1. The van der Waals surface area contributed by atoms with E-state index < -0.39 is 4.92 Å². The first-order chi connectivity index (χ1) is 10.1. The highest BCUT2D eigenvalue weighted by Crippen LogP contribution is 2.29. The van der Waals surface area contributed by atoms with Crippen molar-refractivity contribution in [3.05, 3.63) is 33.9 Å². The van der Waals surface area contributed by atoms with Crippen LogP contribution in [0, 0.1) is 16.0 Å². The zero-order valence-electron chi connectivity index (χ0n) is 12.2. The molecule has 2 rings (SSSR count). The van der Waals surface area contributed by atoms with E-state index >= 15 is 0 Å². The summed E-state index contributed by atoms with van der Waals surface area (Å²) in [6.45, 7) is 2.88. The largest absolute Gasteiger partial charge is 0.380 e. The van der Waals surface area contributed by atoms with Gasteiger partial charge in [-0.25, -0.2) is 0 Å². The lowest BCUT2D eigenvalue weighted by molar-refractivity contribution is -0.384. The summed E-state index contributed by atoms with van der Waals surface area (Å²) >= 11 is 0. The molecule has 1 aromatic rings. The summed E-state index contributed by atoms with van der Waals surface area (Å²) < 4.78 is 5.59. The van der Waals surface area contributed by atoms with Crippen LogP contribution >= 0.6 is 0 Å². The number of nitrogen functional groups attached to an aromatic ring is 1. The summed E-state index contributed by atoms with van der Waals surface area (Å²) in [7, 11) is 1.96. The summed E-state index contributed by atoms with van der Waals surface area (Å²) in [6, 6.07) is 4.95. The predicted octanol–water partition coefficient (Wildman–Crippen LogP) is 1.74. The maximum atomic E-state index is 11.0. The minimum absolute atomic E-state index is 0.00613. The van der Waals surface area contributed by atoms with Crippen LogP contribution in [0.3, 0.4) is 0 Å². The van der Waals surface area contributed by atoms with Crippen molar-refractivity contribution >= 4 is 11.4 Å². The molecule has 116 valence electrons. The van der Waals surface area contributed by atoms with Crippen molar-refractivity contribution in [3.8, 4) is 0 Å². The van der Waals surface area contributed by atoms with Crippen molar-refractivity contribution in [1.29, 1.82) is 0 Å². The van der Waals surface area contributed by atoms with E-state index in [1.807, 2.05) is 13.1 Å². The molecule has 0 amide bonds. The highest BCUT2D eigenvalue weighted by molar-refractivity contribution is 5.65. The average molecular weight is 294 g/mol. The van der Waals surface area contributed by atoms with Crippen molar-refractivity contribution in [1.82, 2.24) is 4.90 Å². The minimum Gasteiger partial charge on any atom is -0.380 e. The molecule has 0 bridgehead atoms. The third-order valence-corrected chi connectivity index (χ3v) is 3.58. The lowest BCUT2D eigenvalue weighted by Crippen LogP contribution is -2.24. The molecular weight excluding hydrogens is 272 g/mol. The second kappa shape index (κ2) is 7.35. The highest BCUT2D eigenvalue weighted by Gasteiger charge is 2.21. The molecule has 7 nitrogen and oxygen atoms in total. The zero-order chi connectivity index (χ0) is 15.2. The third-order valence-electron chi connectivity index (χ3n) is 3.58. The fourth-order valence-electron chi connectivity index (χ4n) is 2.16. The molecule has 1 aliphatic carbocycles. The number of benzene rings is 1. The first kappa shape index (κ1) is 15.7. The Bertz CT molecular complexity index is 491. The highest BCUT2D eigenvalue weighted by atomic mass is 16.6. The fourth-order valence-corrected chi connectivity index (χ4v) is 2.16. The van der Waals surface area contributed by atoms with Gasteiger partial charge in [-0.15, -0.1) is 0 Å². The van der Waals surface area contributed by atoms with Gasteiger partial charge in [0.2, 0.25) is 0 Å². The van der Waals surface area contributed by atoms with E-state index in [9.17, 15) is 10.1 Å². The summed E-state index contributed by atoms with van der Waals surface area (Å²) in [5.74, 6) is 6.19. The van der Waals surface area contributed by atoms with E-state index in [0.29, 0.717) is 18.8 Å². The molecule has 21 heavy (non-hydrogen) atoms. The molecule has 0 spiro atoms. The van der Waals surface area contributed by atoms with Gasteiger partial charge in [0, 0.05) is 25.8 Å². The average Bonchev–Trinajstić information content (AvgIpc) is 3.27. The van der Waals surface area contributed by atoms with Crippen LogP contribution in [-0.4, -0.2) is 36.6 Å². The van der Waals surface area contributed by atoms with E-state index in [1.165, 1.54) is 18.9 Å². The third kappa shape index (κ3) is 4.66. The van der Waals surface area contributed by atoms with Crippen molar-refractivity contribution in [2.45, 2.75) is 19.4 Å². The summed E-state index contributed by atoms with van der Waals surface area (Å²) in [6.07, 6.45) is 2.57. The van der Waals surface area contributed by atoms with Crippen LogP contribution in [0.25, 0.3) is 0 Å². The second-order valence-electron chi connectivity index (χ2n) is 5.47. The lowest BCUT2D eigenvalue weighted by Gasteiger charge is -2.18. The SMILES string of the molecule is CN(CCOCC1CC1)Cc1cccc([N+](=O)[O-])c1NN. The smallest absolute Gasteiger partial charge is 0.293 e. The lowest BCUT2D eigenvalue weighted by atomic mass is 10.1. The standard InChI is InChI=1S/C14H22N4O3/c1-17(7-8-21-10-11-5-6-11)9-12-3-2-4-13(18(19)20)14(12)16-15/h2-4,11,16H,5-10,15H2,1H3. The van der Waals surface area contributed by atoms with Crippen molar-refractivity contribution in [2.75, 3.05) is 32.2 Å². The van der Waals surface area contributed by atoms with Gasteiger partial charge in [0.1, 0.15) is 5.69 Å². The van der Waals surface area contributed by atoms with E-state index in [0.717, 1.165) is 24.6 Å². The van der Waals surface area contributed by atoms with Gasteiger partial charge < -0.3 is 10.2 Å². The number of hydrazine groups is 1. The molecule has 0 heterocycles. The molecule has 1 aromatic carbocycles. The molecule has 0 atom stereocenters. The summed E-state index contributed by atoms with van der Waals surface area (Å²) in [5.41, 5.74) is 3.61. The van der Waals surface area contributed by atoms with Gasteiger partial charge in [0.05, 0.1) is 11.5 Å².